The van der Waals surface area contributed by atoms with E-state index in [1.54, 1.807) is 29.7 Å². The fourth-order valence-electron chi connectivity index (χ4n) is 3.16. The van der Waals surface area contributed by atoms with E-state index in [1.807, 2.05) is 44.1 Å². The van der Waals surface area contributed by atoms with E-state index in [2.05, 4.69) is 13.8 Å². The van der Waals surface area contributed by atoms with Gasteiger partial charge in [0.05, 0.1) is 5.52 Å². The molecule has 0 fully saturated rings. The second-order valence-corrected chi connectivity index (χ2v) is 7.56. The molecule has 0 aliphatic heterocycles. The van der Waals surface area contributed by atoms with Crippen LogP contribution in [-0.4, -0.2) is 24.9 Å². The van der Waals surface area contributed by atoms with Gasteiger partial charge in [0.25, 0.3) is 5.56 Å². The van der Waals surface area contributed by atoms with Gasteiger partial charge in [0.1, 0.15) is 12.1 Å². The van der Waals surface area contributed by atoms with E-state index in [1.165, 1.54) is 6.07 Å². The molecule has 0 saturated carbocycles. The number of benzene rings is 2. The summed E-state index contributed by atoms with van der Waals surface area (Å²) in [5.41, 5.74) is 4.16. The summed E-state index contributed by atoms with van der Waals surface area (Å²) in [6, 6.07) is 12.4. The van der Waals surface area contributed by atoms with Crippen LogP contribution in [0, 0.1) is 12.7 Å². The van der Waals surface area contributed by atoms with Crippen molar-refractivity contribution in [2.45, 2.75) is 40.2 Å². The third kappa shape index (κ3) is 5.11. The molecule has 29 heavy (non-hydrogen) atoms. The largest absolute Gasteiger partial charge is 0.378 e. The number of aldehydes is 1. The van der Waals surface area contributed by atoms with Crippen LogP contribution in [0.25, 0.3) is 10.9 Å². The average molecular weight is 397 g/mol. The van der Waals surface area contributed by atoms with Crippen molar-refractivity contribution in [2.24, 2.45) is 0 Å². The van der Waals surface area contributed by atoms with Crippen LogP contribution >= 0.6 is 0 Å². The highest BCUT2D eigenvalue weighted by Gasteiger charge is 2.11. The molecule has 3 aromatic rings. The number of carbonyl (C=O) groups is 1. The van der Waals surface area contributed by atoms with Crippen molar-refractivity contribution in [1.82, 2.24) is 4.57 Å². The summed E-state index contributed by atoms with van der Waals surface area (Å²) < 4.78 is 14.6. The fourth-order valence-corrected chi connectivity index (χ4v) is 3.16. The Kier molecular flexibility index (Phi) is 7.32. The van der Waals surface area contributed by atoms with Gasteiger partial charge in [0.15, 0.2) is 0 Å². The summed E-state index contributed by atoms with van der Waals surface area (Å²) in [6.07, 6.45) is 0.838. The maximum Gasteiger partial charge on any atom is 0.251 e. The Morgan fingerprint density at radius 3 is 2.31 bits per heavy atom. The minimum atomic E-state index is -0.142. The van der Waals surface area contributed by atoms with Gasteiger partial charge in [-0.25, -0.2) is 4.39 Å². The predicted molar refractivity (Wildman–Crippen MR) is 119 cm³/mol. The summed E-state index contributed by atoms with van der Waals surface area (Å²) in [6.45, 7) is 8.45. The molecule has 3 rings (SSSR count). The number of anilines is 1. The smallest absolute Gasteiger partial charge is 0.251 e. The molecule has 0 aliphatic carbocycles. The Balaban J connectivity index is 0.000000234. The third-order valence-electron chi connectivity index (χ3n) is 4.91. The van der Waals surface area contributed by atoms with Crippen molar-refractivity contribution < 1.29 is 9.18 Å². The van der Waals surface area contributed by atoms with Crippen LogP contribution < -0.4 is 10.5 Å². The number of halogens is 1. The number of fused-ring (bicyclic) bond motifs is 1. The lowest BCUT2D eigenvalue weighted by molar-refractivity contribution is 0.112. The predicted octanol–water partition coefficient (Wildman–Crippen LogP) is 5.16. The van der Waals surface area contributed by atoms with Crippen molar-refractivity contribution in [1.29, 1.82) is 0 Å². The lowest BCUT2D eigenvalue weighted by Gasteiger charge is -2.14. The molecule has 0 radical (unpaired) electrons. The zero-order chi connectivity index (χ0) is 21.7. The van der Waals surface area contributed by atoms with E-state index >= 15 is 0 Å². The van der Waals surface area contributed by atoms with Gasteiger partial charge in [0, 0.05) is 43.3 Å². The van der Waals surface area contributed by atoms with Gasteiger partial charge in [-0.1, -0.05) is 19.9 Å². The minimum absolute atomic E-state index is 0.0209. The first-order valence-electron chi connectivity index (χ1n) is 9.75. The third-order valence-corrected chi connectivity index (χ3v) is 4.91. The van der Waals surface area contributed by atoms with Gasteiger partial charge in [-0.3, -0.25) is 9.59 Å². The second kappa shape index (κ2) is 9.50. The minimum Gasteiger partial charge on any atom is -0.378 e. The number of rotatable bonds is 4. The van der Waals surface area contributed by atoms with E-state index in [0.717, 1.165) is 28.4 Å². The zero-order valence-corrected chi connectivity index (χ0v) is 18.0. The Morgan fingerprint density at radius 1 is 1.10 bits per heavy atom. The quantitative estimate of drug-likeness (QED) is 0.572. The highest BCUT2D eigenvalue weighted by atomic mass is 19.1. The molecule has 0 aliphatic rings. The number of aromatic nitrogens is 1. The van der Waals surface area contributed by atoms with E-state index < -0.39 is 0 Å². The van der Waals surface area contributed by atoms with Crippen LogP contribution in [0.3, 0.4) is 0 Å². The fraction of sp³-hybridized carbons (Fsp3) is 0.333. The van der Waals surface area contributed by atoms with Crippen LogP contribution in [0.4, 0.5) is 10.1 Å². The summed E-state index contributed by atoms with van der Waals surface area (Å²) in [5.74, 6) is 0.116. The Labute approximate surface area is 171 Å². The molecule has 154 valence electrons. The molecule has 0 bridgehead atoms. The van der Waals surface area contributed by atoms with Crippen LogP contribution in [0.15, 0.2) is 47.3 Å². The number of nitrogens with zero attached hydrogens (tertiary/aromatic N) is 2. The standard InChI is InChI=1S/C15H17NO2.C9H12FN/c1-4-16-14-6-5-11(9-17)7-13(14)12(10(2)3)8-15(16)18;1-7-4-5-8(11(2)3)6-9(7)10/h5-10H,4H2,1-3H3;4-6H,1-3H3. The van der Waals surface area contributed by atoms with Gasteiger partial charge in [0.2, 0.25) is 0 Å². The van der Waals surface area contributed by atoms with Crippen molar-refractivity contribution >= 4 is 22.9 Å². The molecule has 4 nitrogen and oxygen atoms in total. The van der Waals surface area contributed by atoms with Crippen molar-refractivity contribution in [2.75, 3.05) is 19.0 Å². The van der Waals surface area contributed by atoms with Crippen LogP contribution in [0.2, 0.25) is 0 Å². The van der Waals surface area contributed by atoms with Crippen LogP contribution in [-0.2, 0) is 6.54 Å². The first-order valence-corrected chi connectivity index (χ1v) is 9.75. The summed E-state index contributed by atoms with van der Waals surface area (Å²) >= 11 is 0. The molecular formula is C24H29FN2O2. The molecule has 0 spiro atoms. The first kappa shape index (κ1) is 22.3. The second-order valence-electron chi connectivity index (χ2n) is 7.56. The lowest BCUT2D eigenvalue weighted by atomic mass is 9.97. The van der Waals surface area contributed by atoms with Crippen molar-refractivity contribution in [3.8, 4) is 0 Å². The van der Waals surface area contributed by atoms with Gasteiger partial charge < -0.3 is 9.47 Å². The normalized spacial score (nSPS) is 10.6. The topological polar surface area (TPSA) is 42.3 Å². The molecule has 0 N–H and O–H groups in total. The Hall–Kier alpha value is -2.95. The number of hydrogen-bond donors (Lipinski definition) is 0. The van der Waals surface area contributed by atoms with Crippen molar-refractivity contribution in [3.63, 3.8) is 0 Å². The molecule has 2 aromatic carbocycles. The number of hydrogen-bond acceptors (Lipinski definition) is 3. The van der Waals surface area contributed by atoms with E-state index in [-0.39, 0.29) is 17.3 Å². The summed E-state index contributed by atoms with van der Waals surface area (Å²) in [4.78, 5) is 24.8. The maximum atomic E-state index is 12.9. The van der Waals surface area contributed by atoms with Gasteiger partial charge in [-0.15, -0.1) is 0 Å². The highest BCUT2D eigenvalue weighted by molar-refractivity contribution is 5.89. The molecule has 5 heteroatoms. The zero-order valence-electron chi connectivity index (χ0n) is 18.0. The van der Waals surface area contributed by atoms with Crippen LogP contribution in [0.5, 0.6) is 0 Å². The number of carbonyl (C=O) groups excluding carboxylic acids is 1. The first-order chi connectivity index (χ1) is 13.7. The molecule has 0 unspecified atom stereocenters. The highest BCUT2D eigenvalue weighted by Crippen LogP contribution is 2.24. The lowest BCUT2D eigenvalue weighted by Crippen LogP contribution is -2.20. The SMILES string of the molecule is CCn1c(=O)cc(C(C)C)c2cc(C=O)ccc21.Cc1ccc(N(C)C)cc1F. The number of aryl methyl sites for hydroxylation is 2. The molecule has 1 aromatic heterocycles. The molecule has 1 heterocycles. The molecule has 0 amide bonds. The van der Waals surface area contributed by atoms with E-state index in [9.17, 15) is 14.0 Å². The molecule has 0 atom stereocenters. The van der Waals surface area contributed by atoms with Gasteiger partial charge in [-0.2, -0.15) is 0 Å². The van der Waals surface area contributed by atoms with Gasteiger partial charge >= 0.3 is 0 Å². The number of pyridine rings is 1. The summed E-state index contributed by atoms with van der Waals surface area (Å²) in [5, 5.41) is 0.996. The van der Waals surface area contributed by atoms with Gasteiger partial charge in [-0.05, 0) is 61.2 Å². The Bertz CT molecular complexity index is 1070. The molecule has 0 saturated heterocycles. The average Bonchev–Trinajstić information content (AvgIpc) is 2.69. The maximum absolute atomic E-state index is 12.9. The van der Waals surface area contributed by atoms with Crippen molar-refractivity contribution in [3.05, 3.63) is 75.3 Å². The van der Waals surface area contributed by atoms with E-state index in [4.69, 9.17) is 0 Å². The summed E-state index contributed by atoms with van der Waals surface area (Å²) in [7, 11) is 3.79. The monoisotopic (exact) mass is 396 g/mol. The Morgan fingerprint density at radius 2 is 1.79 bits per heavy atom. The van der Waals surface area contributed by atoms with Crippen LogP contribution in [0.1, 0.15) is 48.2 Å². The van der Waals surface area contributed by atoms with E-state index in [0.29, 0.717) is 17.7 Å². The molecular weight excluding hydrogens is 367 g/mol.